The summed E-state index contributed by atoms with van der Waals surface area (Å²) in [5.41, 5.74) is 6.81. The molecule has 1 fully saturated rings. The fraction of sp³-hybridized carbons (Fsp3) is 0.727. The van der Waals surface area contributed by atoms with Gasteiger partial charge in [-0.05, 0) is 31.1 Å². The van der Waals surface area contributed by atoms with E-state index >= 15 is 0 Å². The average molecular weight is 634 g/mol. The highest BCUT2D eigenvalue weighted by molar-refractivity contribution is 5.82. The molecule has 12 nitrogen and oxygen atoms in total. The number of benzene rings is 1. The second kappa shape index (κ2) is 17.6. The van der Waals surface area contributed by atoms with E-state index in [-0.39, 0.29) is 53.7 Å². The molecule has 0 unspecified atom stereocenters. The van der Waals surface area contributed by atoms with E-state index in [0.29, 0.717) is 31.5 Å². The van der Waals surface area contributed by atoms with Crippen LogP contribution < -0.4 is 5.73 Å². The molecule has 2 rings (SSSR count). The van der Waals surface area contributed by atoms with E-state index in [1.54, 1.807) is 68.1 Å². The van der Waals surface area contributed by atoms with Crippen molar-refractivity contribution in [3.63, 3.8) is 0 Å². The standard InChI is InChI=1S/C33H55N5O7/c1-10-22(4)30(36(7)33(41)29(34)21(2)3)27(44-8)20-28(39)37-18-13-16-26(37)31(45-9)23(5)32(40)35(6)19-17-24-14-11-12-15-25(24)38(42)43/h11-12,14-15,21-23,26-27,29-31H,10,13,16-20,34H2,1-9H3/t22-,23+,26-,27+,29-,30-,31+/m0/s1. The number of ether oxygens (including phenoxy) is 2. The van der Waals surface area contributed by atoms with Crippen molar-refractivity contribution in [2.45, 2.75) is 97.1 Å². The lowest BCUT2D eigenvalue weighted by molar-refractivity contribution is -0.385. The van der Waals surface area contributed by atoms with Crippen LogP contribution in [-0.2, 0) is 30.3 Å². The largest absolute Gasteiger partial charge is 0.379 e. The number of carbonyl (C=O) groups excluding carboxylic acids is 3. The molecule has 1 aromatic rings. The summed E-state index contributed by atoms with van der Waals surface area (Å²) >= 11 is 0. The van der Waals surface area contributed by atoms with Crippen LogP contribution in [0.4, 0.5) is 5.69 Å². The van der Waals surface area contributed by atoms with Crippen molar-refractivity contribution in [3.8, 4) is 0 Å². The Morgan fingerprint density at radius 3 is 2.29 bits per heavy atom. The second-order valence-corrected chi connectivity index (χ2v) is 12.8. The number of likely N-dealkylation sites (tertiary alicyclic amines) is 1. The molecule has 12 heteroatoms. The Kier molecular flexibility index (Phi) is 14.9. The zero-order valence-electron chi connectivity index (χ0n) is 28.6. The Morgan fingerprint density at radius 2 is 1.73 bits per heavy atom. The van der Waals surface area contributed by atoms with Gasteiger partial charge in [0.15, 0.2) is 0 Å². The summed E-state index contributed by atoms with van der Waals surface area (Å²) in [5, 5.41) is 11.4. The molecule has 1 aliphatic rings. The average Bonchev–Trinajstić information content (AvgIpc) is 3.51. The van der Waals surface area contributed by atoms with Crippen molar-refractivity contribution in [1.82, 2.24) is 14.7 Å². The lowest BCUT2D eigenvalue weighted by Crippen LogP contribution is -2.56. The van der Waals surface area contributed by atoms with Gasteiger partial charge in [0.25, 0.3) is 5.69 Å². The number of nitro groups is 1. The monoisotopic (exact) mass is 633 g/mol. The summed E-state index contributed by atoms with van der Waals surface area (Å²) in [4.78, 5) is 56.6. The molecule has 1 heterocycles. The smallest absolute Gasteiger partial charge is 0.272 e. The fourth-order valence-corrected chi connectivity index (χ4v) is 6.46. The summed E-state index contributed by atoms with van der Waals surface area (Å²) in [6.07, 6.45) is 1.58. The van der Waals surface area contributed by atoms with Crippen LogP contribution in [0.25, 0.3) is 0 Å². The molecule has 1 aliphatic heterocycles. The number of para-hydroxylation sites is 1. The van der Waals surface area contributed by atoms with Gasteiger partial charge in [-0.25, -0.2) is 0 Å². The van der Waals surface area contributed by atoms with E-state index in [2.05, 4.69) is 0 Å². The van der Waals surface area contributed by atoms with Gasteiger partial charge in [-0.2, -0.15) is 0 Å². The number of amides is 3. The van der Waals surface area contributed by atoms with E-state index in [1.807, 2.05) is 27.7 Å². The number of carbonyl (C=O) groups is 3. The first kappa shape index (κ1) is 38.1. The molecule has 3 amide bonds. The molecule has 0 spiro atoms. The van der Waals surface area contributed by atoms with Gasteiger partial charge < -0.3 is 29.9 Å². The van der Waals surface area contributed by atoms with E-state index in [1.165, 1.54) is 6.07 Å². The summed E-state index contributed by atoms with van der Waals surface area (Å²) in [5.74, 6) is -0.982. The van der Waals surface area contributed by atoms with Gasteiger partial charge in [-0.15, -0.1) is 0 Å². The third-order valence-electron chi connectivity index (χ3n) is 9.52. The molecular weight excluding hydrogens is 578 g/mol. The number of nitrogens with zero attached hydrogens (tertiary/aromatic N) is 4. The summed E-state index contributed by atoms with van der Waals surface area (Å²) < 4.78 is 11.8. The van der Waals surface area contributed by atoms with Crippen LogP contribution in [0, 0.1) is 27.9 Å². The highest BCUT2D eigenvalue weighted by Crippen LogP contribution is 2.30. The van der Waals surface area contributed by atoms with Crippen LogP contribution in [0.1, 0.15) is 65.9 Å². The molecule has 2 N–H and O–H groups in total. The van der Waals surface area contributed by atoms with Crippen molar-refractivity contribution in [2.75, 3.05) is 41.4 Å². The third kappa shape index (κ3) is 9.46. The molecule has 0 aliphatic carbocycles. The molecule has 0 bridgehead atoms. The molecule has 7 atom stereocenters. The van der Waals surface area contributed by atoms with Crippen LogP contribution >= 0.6 is 0 Å². The number of rotatable bonds is 17. The molecular formula is C33H55N5O7. The molecule has 1 aromatic carbocycles. The summed E-state index contributed by atoms with van der Waals surface area (Å²) in [6, 6.07) is 5.21. The second-order valence-electron chi connectivity index (χ2n) is 12.8. The Morgan fingerprint density at radius 1 is 1.09 bits per heavy atom. The van der Waals surface area contributed by atoms with E-state index in [0.717, 1.165) is 12.8 Å². The maximum absolute atomic E-state index is 13.9. The van der Waals surface area contributed by atoms with Crippen molar-refractivity contribution in [1.29, 1.82) is 0 Å². The van der Waals surface area contributed by atoms with Gasteiger partial charge in [-0.3, -0.25) is 24.5 Å². The Labute approximate surface area is 268 Å². The first-order chi connectivity index (χ1) is 21.2. The number of methoxy groups -OCH3 is 2. The highest BCUT2D eigenvalue weighted by atomic mass is 16.6. The maximum Gasteiger partial charge on any atom is 0.272 e. The minimum absolute atomic E-state index is 0.0305. The third-order valence-corrected chi connectivity index (χ3v) is 9.52. The minimum Gasteiger partial charge on any atom is -0.379 e. The molecule has 254 valence electrons. The van der Waals surface area contributed by atoms with Crippen molar-refractivity contribution in [3.05, 3.63) is 39.9 Å². The van der Waals surface area contributed by atoms with Crippen molar-refractivity contribution >= 4 is 23.4 Å². The van der Waals surface area contributed by atoms with E-state index < -0.39 is 29.1 Å². The molecule has 0 saturated carbocycles. The first-order valence-electron chi connectivity index (χ1n) is 16.1. The van der Waals surface area contributed by atoms with Crippen LogP contribution in [-0.4, -0.2) is 109 Å². The lowest BCUT2D eigenvalue weighted by atomic mass is 9.89. The Hall–Kier alpha value is -3.09. The molecule has 45 heavy (non-hydrogen) atoms. The zero-order valence-corrected chi connectivity index (χ0v) is 28.6. The predicted octanol–water partition coefficient (Wildman–Crippen LogP) is 3.50. The predicted molar refractivity (Wildman–Crippen MR) is 173 cm³/mol. The van der Waals surface area contributed by atoms with Crippen LogP contribution in [0.3, 0.4) is 0 Å². The van der Waals surface area contributed by atoms with Gasteiger partial charge in [0, 0.05) is 53.0 Å². The number of nitrogens with two attached hydrogens (primary N) is 1. The Balaban J connectivity index is 2.18. The van der Waals surface area contributed by atoms with Gasteiger partial charge in [0.05, 0.1) is 47.6 Å². The molecule has 0 aromatic heterocycles. The van der Waals surface area contributed by atoms with Gasteiger partial charge in [0.1, 0.15) is 0 Å². The van der Waals surface area contributed by atoms with Crippen molar-refractivity contribution in [2.24, 2.45) is 23.5 Å². The minimum atomic E-state index is -0.653. The summed E-state index contributed by atoms with van der Waals surface area (Å²) in [7, 11) is 6.53. The normalized spacial score (nSPS) is 19.0. The van der Waals surface area contributed by atoms with Gasteiger partial charge in [-0.1, -0.05) is 59.2 Å². The number of nitro benzene ring substituents is 1. The number of hydrogen-bond donors (Lipinski definition) is 1. The SMILES string of the molecule is CC[C@H](C)[C@@H]([C@@H](CC(=O)N1CCC[C@H]1[C@H](OC)[C@@H](C)C(=O)N(C)CCc1ccccc1[N+](=O)[O-])OC)N(C)C(=O)[C@@H](N)C(C)C. The fourth-order valence-electron chi connectivity index (χ4n) is 6.46. The topological polar surface area (TPSA) is 149 Å². The van der Waals surface area contributed by atoms with Gasteiger partial charge >= 0.3 is 0 Å². The quantitative estimate of drug-likeness (QED) is 0.202. The molecule has 1 saturated heterocycles. The number of hydrogen-bond acceptors (Lipinski definition) is 8. The van der Waals surface area contributed by atoms with Crippen LogP contribution in [0.15, 0.2) is 24.3 Å². The first-order valence-corrected chi connectivity index (χ1v) is 16.1. The summed E-state index contributed by atoms with van der Waals surface area (Å²) in [6.45, 7) is 10.5. The molecule has 0 radical (unpaired) electrons. The van der Waals surface area contributed by atoms with Crippen LogP contribution in [0.2, 0.25) is 0 Å². The Bertz CT molecular complexity index is 1150. The lowest BCUT2D eigenvalue weighted by Gasteiger charge is -2.40. The van der Waals surface area contributed by atoms with E-state index in [9.17, 15) is 24.5 Å². The zero-order chi connectivity index (χ0) is 34.0. The maximum atomic E-state index is 13.9. The van der Waals surface area contributed by atoms with Gasteiger partial charge in [0.2, 0.25) is 17.7 Å². The van der Waals surface area contributed by atoms with Crippen molar-refractivity contribution < 1.29 is 28.8 Å². The highest BCUT2D eigenvalue weighted by Gasteiger charge is 2.42. The number of likely N-dealkylation sites (N-methyl/N-ethyl adjacent to an activating group) is 2. The van der Waals surface area contributed by atoms with Crippen LogP contribution in [0.5, 0.6) is 0 Å². The van der Waals surface area contributed by atoms with E-state index in [4.69, 9.17) is 15.2 Å².